The molecule has 5 heteroatoms. The van der Waals surface area contributed by atoms with E-state index in [0.717, 1.165) is 28.1 Å². The number of hydrogen-bond donors (Lipinski definition) is 2. The average Bonchev–Trinajstić information content (AvgIpc) is 3.28. The van der Waals surface area contributed by atoms with Crippen molar-refractivity contribution in [3.8, 4) is 22.3 Å². The monoisotopic (exact) mass is 480 g/mol. The smallest absolute Gasteiger partial charge is 0.243 e. The lowest BCUT2D eigenvalue weighted by atomic mass is 9.94. The molecule has 3 rings (SSSR count). The van der Waals surface area contributed by atoms with E-state index in [1.54, 1.807) is 11.3 Å². The van der Waals surface area contributed by atoms with Gasteiger partial charge in [0.1, 0.15) is 6.04 Å². The number of benzene rings is 1. The highest BCUT2D eigenvalue weighted by Crippen LogP contribution is 2.34. The maximum Gasteiger partial charge on any atom is 0.243 e. The Morgan fingerprint density at radius 3 is 2.65 bits per heavy atom. The van der Waals surface area contributed by atoms with Gasteiger partial charge in [-0.25, -0.2) is 0 Å². The van der Waals surface area contributed by atoms with Crippen LogP contribution in [0.15, 0.2) is 30.3 Å². The van der Waals surface area contributed by atoms with Crippen LogP contribution in [-0.4, -0.2) is 36.8 Å². The Bertz CT molecular complexity index is 1000. The van der Waals surface area contributed by atoms with Gasteiger partial charge in [0.15, 0.2) is 0 Å². The molecule has 0 unspecified atom stereocenters. The van der Waals surface area contributed by atoms with Crippen LogP contribution in [0, 0.1) is 17.8 Å². The van der Waals surface area contributed by atoms with Crippen LogP contribution < -0.4 is 10.2 Å². The Morgan fingerprint density at radius 1 is 1.15 bits per heavy atom. The molecule has 34 heavy (non-hydrogen) atoms. The summed E-state index contributed by atoms with van der Waals surface area (Å²) in [5.74, 6) is 6.83. The first kappa shape index (κ1) is 26.3. The zero-order valence-electron chi connectivity index (χ0n) is 21.2. The predicted molar refractivity (Wildman–Crippen MR) is 144 cm³/mol. The number of unbranched alkanes of at least 4 members (excludes halogenated alkanes) is 6. The molecule has 0 spiro atoms. The summed E-state index contributed by atoms with van der Waals surface area (Å²) in [4.78, 5) is 17.2. The zero-order chi connectivity index (χ0) is 24.5. The number of nitrogens with one attached hydrogen (secondary N) is 1. The van der Waals surface area contributed by atoms with Crippen LogP contribution in [-0.2, 0) is 11.2 Å². The summed E-state index contributed by atoms with van der Waals surface area (Å²) in [6, 6.07) is 10.2. The third kappa shape index (κ3) is 6.87. The minimum absolute atomic E-state index is 0.0197. The highest BCUT2D eigenvalue weighted by Gasteiger charge is 2.32. The highest BCUT2D eigenvalue weighted by atomic mass is 32.1. The number of aliphatic hydroxyl groups is 1. The third-order valence-corrected chi connectivity index (χ3v) is 7.62. The van der Waals surface area contributed by atoms with E-state index in [9.17, 15) is 9.90 Å². The van der Waals surface area contributed by atoms with Gasteiger partial charge >= 0.3 is 0 Å². The minimum Gasteiger partial charge on any atom is -0.394 e. The number of anilines is 1. The van der Waals surface area contributed by atoms with Gasteiger partial charge in [-0.2, -0.15) is 0 Å². The molecule has 2 N–H and O–H groups in total. The van der Waals surface area contributed by atoms with Crippen LogP contribution in [0.2, 0.25) is 0 Å². The van der Waals surface area contributed by atoms with Gasteiger partial charge in [0.2, 0.25) is 5.91 Å². The van der Waals surface area contributed by atoms with Gasteiger partial charge in [-0.05, 0) is 54.2 Å². The summed E-state index contributed by atoms with van der Waals surface area (Å²) in [6.07, 6.45) is 9.35. The number of amides is 1. The van der Waals surface area contributed by atoms with E-state index in [1.807, 2.05) is 7.05 Å². The summed E-state index contributed by atoms with van der Waals surface area (Å²) in [5, 5.41) is 12.9. The quantitative estimate of drug-likeness (QED) is 0.341. The fraction of sp³-hybridized carbons (Fsp3) is 0.552. The molecule has 0 radical (unpaired) electrons. The Hall–Kier alpha value is -2.29. The van der Waals surface area contributed by atoms with Crippen molar-refractivity contribution in [2.75, 3.05) is 18.6 Å². The molecule has 0 bridgehead atoms. The molecule has 0 aliphatic carbocycles. The predicted octanol–water partition coefficient (Wildman–Crippen LogP) is 6.01. The van der Waals surface area contributed by atoms with Crippen molar-refractivity contribution in [3.63, 3.8) is 0 Å². The number of likely N-dealkylation sites (N-methyl/N-ethyl adjacent to an activating group) is 1. The standard InChI is InChI=1S/C29H40N2O2S/c1-5-6-7-8-9-10-11-12-13-25-15-17-27(34-25)22-14-16-26-23(18-22)19-24(20-32)30-29(33)28(21(2)3)31(26)4/h14-18,21,24,28,32H,5-11,19-20H2,1-4H3,(H,30,33)/t24-,28-/m0/s1. The molecule has 1 aromatic carbocycles. The Labute approximate surface area is 209 Å². The molecule has 2 aromatic rings. The van der Waals surface area contributed by atoms with E-state index < -0.39 is 0 Å². The first-order valence-electron chi connectivity index (χ1n) is 12.8. The van der Waals surface area contributed by atoms with Crippen LogP contribution in [0.4, 0.5) is 5.69 Å². The van der Waals surface area contributed by atoms with E-state index in [2.05, 4.69) is 73.2 Å². The average molecular weight is 481 g/mol. The number of rotatable bonds is 9. The van der Waals surface area contributed by atoms with Crippen molar-refractivity contribution in [1.82, 2.24) is 5.32 Å². The molecular weight excluding hydrogens is 440 g/mol. The van der Waals surface area contributed by atoms with Gasteiger partial charge in [-0.3, -0.25) is 4.79 Å². The summed E-state index contributed by atoms with van der Waals surface area (Å²) < 4.78 is 0. The Morgan fingerprint density at radius 2 is 1.91 bits per heavy atom. The summed E-state index contributed by atoms with van der Waals surface area (Å²) in [6.45, 7) is 6.30. The van der Waals surface area contributed by atoms with Crippen LogP contribution in [0.1, 0.15) is 76.2 Å². The lowest BCUT2D eigenvalue weighted by Crippen LogP contribution is -2.54. The molecule has 1 aromatic heterocycles. The maximum atomic E-state index is 12.8. The molecule has 4 nitrogen and oxygen atoms in total. The Balaban J connectivity index is 1.73. The van der Waals surface area contributed by atoms with E-state index in [-0.39, 0.29) is 30.5 Å². The van der Waals surface area contributed by atoms with Crippen molar-refractivity contribution in [1.29, 1.82) is 0 Å². The molecular formula is C29H40N2O2S. The molecule has 2 atom stereocenters. The van der Waals surface area contributed by atoms with Gasteiger partial charge in [0.05, 0.1) is 17.5 Å². The number of thiophene rings is 1. The summed E-state index contributed by atoms with van der Waals surface area (Å²) >= 11 is 1.73. The molecule has 184 valence electrons. The lowest BCUT2D eigenvalue weighted by molar-refractivity contribution is -0.124. The van der Waals surface area contributed by atoms with Gasteiger partial charge in [-0.1, -0.05) is 70.8 Å². The van der Waals surface area contributed by atoms with Crippen molar-refractivity contribution >= 4 is 22.9 Å². The van der Waals surface area contributed by atoms with E-state index in [1.165, 1.54) is 43.4 Å². The second-order valence-corrected chi connectivity index (χ2v) is 10.8. The molecule has 1 aliphatic heterocycles. The topological polar surface area (TPSA) is 52.6 Å². The number of fused-ring (bicyclic) bond motifs is 1. The van der Waals surface area contributed by atoms with Gasteiger partial charge in [0.25, 0.3) is 0 Å². The number of carbonyl (C=O) groups excluding carboxylic acids is 1. The number of nitrogens with zero attached hydrogens (tertiary/aromatic N) is 1. The SMILES string of the molecule is CCCCCCCCC#Cc1ccc(-c2ccc3c(c2)C[C@@H](CO)NC(=O)[C@H](C(C)C)N3C)s1. The number of carbonyl (C=O) groups is 1. The van der Waals surface area contributed by atoms with Crippen molar-refractivity contribution in [2.45, 2.75) is 84.2 Å². The van der Waals surface area contributed by atoms with E-state index in [0.29, 0.717) is 6.42 Å². The van der Waals surface area contributed by atoms with Gasteiger partial charge in [-0.15, -0.1) is 11.3 Å². The van der Waals surface area contributed by atoms with Gasteiger partial charge < -0.3 is 15.3 Å². The fourth-order valence-corrected chi connectivity index (χ4v) is 5.62. The minimum atomic E-state index is -0.275. The maximum absolute atomic E-state index is 12.8. The van der Waals surface area contributed by atoms with Gasteiger partial charge in [0, 0.05) is 24.0 Å². The van der Waals surface area contributed by atoms with E-state index >= 15 is 0 Å². The first-order chi connectivity index (χ1) is 16.4. The molecule has 2 heterocycles. The second kappa shape index (κ2) is 13.0. The molecule has 0 fully saturated rings. The van der Waals surface area contributed by atoms with Crippen LogP contribution in [0.5, 0.6) is 0 Å². The molecule has 0 saturated carbocycles. The first-order valence-corrected chi connectivity index (χ1v) is 13.6. The van der Waals surface area contributed by atoms with Crippen LogP contribution in [0.3, 0.4) is 0 Å². The molecule has 0 saturated heterocycles. The fourth-order valence-electron chi connectivity index (χ4n) is 4.74. The summed E-state index contributed by atoms with van der Waals surface area (Å²) in [7, 11) is 1.99. The number of hydrogen-bond acceptors (Lipinski definition) is 4. The molecule has 1 aliphatic rings. The van der Waals surface area contributed by atoms with Crippen molar-refractivity contribution in [2.24, 2.45) is 5.92 Å². The van der Waals surface area contributed by atoms with Crippen LogP contribution >= 0.6 is 11.3 Å². The van der Waals surface area contributed by atoms with E-state index in [4.69, 9.17) is 0 Å². The lowest BCUT2D eigenvalue weighted by Gasteiger charge is -2.37. The van der Waals surface area contributed by atoms with Crippen molar-refractivity contribution in [3.05, 3.63) is 40.8 Å². The Kier molecular flexibility index (Phi) is 10.0. The highest BCUT2D eigenvalue weighted by molar-refractivity contribution is 7.16. The summed E-state index contributed by atoms with van der Waals surface area (Å²) in [5.41, 5.74) is 3.37. The molecule has 1 amide bonds. The third-order valence-electron chi connectivity index (χ3n) is 6.57. The normalized spacial score (nSPS) is 18.1. The van der Waals surface area contributed by atoms with Crippen LogP contribution in [0.25, 0.3) is 10.4 Å². The zero-order valence-corrected chi connectivity index (χ0v) is 22.0. The second-order valence-electron chi connectivity index (χ2n) is 9.72. The largest absolute Gasteiger partial charge is 0.394 e. The van der Waals surface area contributed by atoms with Crippen molar-refractivity contribution < 1.29 is 9.90 Å². The number of aliphatic hydroxyl groups excluding tert-OH is 1.